The standard InChI is InChI=1S/C17H22N2O2/c1-2-11-3-6-14(7-4-11)19-17(20)16-10-12-9-13(18)5-8-15(12)21-16/h5,8-11,14H,2-4,6-7,18H2,1H3,(H,19,20). The predicted molar refractivity (Wildman–Crippen MR) is 84.1 cm³/mol. The third-order valence-electron chi connectivity index (χ3n) is 4.52. The van der Waals surface area contributed by atoms with Crippen LogP contribution in [0, 0.1) is 5.92 Å². The largest absolute Gasteiger partial charge is 0.451 e. The maximum atomic E-state index is 12.3. The van der Waals surface area contributed by atoms with Crippen LogP contribution in [0.3, 0.4) is 0 Å². The molecule has 4 nitrogen and oxygen atoms in total. The smallest absolute Gasteiger partial charge is 0.287 e. The Bertz CT molecular complexity index is 639. The van der Waals surface area contributed by atoms with E-state index in [2.05, 4.69) is 12.2 Å². The number of nitrogen functional groups attached to an aromatic ring is 1. The van der Waals surface area contributed by atoms with Gasteiger partial charge in [-0.15, -0.1) is 0 Å². The van der Waals surface area contributed by atoms with Crippen molar-refractivity contribution in [1.82, 2.24) is 5.32 Å². The fourth-order valence-corrected chi connectivity index (χ4v) is 3.15. The number of amides is 1. The summed E-state index contributed by atoms with van der Waals surface area (Å²) in [6.45, 7) is 2.24. The van der Waals surface area contributed by atoms with E-state index in [-0.39, 0.29) is 11.9 Å². The molecule has 1 fully saturated rings. The Morgan fingerprint density at radius 1 is 1.29 bits per heavy atom. The minimum Gasteiger partial charge on any atom is -0.451 e. The number of hydrogen-bond acceptors (Lipinski definition) is 3. The zero-order valence-electron chi connectivity index (χ0n) is 12.4. The van der Waals surface area contributed by atoms with Gasteiger partial charge in [0.15, 0.2) is 5.76 Å². The first-order valence-corrected chi connectivity index (χ1v) is 7.75. The Balaban J connectivity index is 1.67. The summed E-state index contributed by atoms with van der Waals surface area (Å²) in [5.74, 6) is 1.07. The van der Waals surface area contributed by atoms with Crippen LogP contribution in [-0.4, -0.2) is 11.9 Å². The summed E-state index contributed by atoms with van der Waals surface area (Å²) in [6.07, 6.45) is 5.79. The normalized spacial score (nSPS) is 22.3. The predicted octanol–water partition coefficient (Wildman–Crippen LogP) is 3.71. The monoisotopic (exact) mass is 286 g/mol. The van der Waals surface area contributed by atoms with Crippen LogP contribution >= 0.6 is 0 Å². The molecule has 2 aromatic rings. The number of nitrogens with one attached hydrogen (secondary N) is 1. The number of rotatable bonds is 3. The zero-order chi connectivity index (χ0) is 14.8. The summed E-state index contributed by atoms with van der Waals surface area (Å²) in [6, 6.07) is 7.44. The Hall–Kier alpha value is -1.97. The summed E-state index contributed by atoms with van der Waals surface area (Å²) < 4.78 is 5.60. The van der Waals surface area contributed by atoms with Crippen LogP contribution in [0.5, 0.6) is 0 Å². The van der Waals surface area contributed by atoms with E-state index in [0.29, 0.717) is 17.0 Å². The molecule has 3 N–H and O–H groups in total. The number of furan rings is 1. The summed E-state index contributed by atoms with van der Waals surface area (Å²) in [7, 11) is 0. The molecule has 3 rings (SSSR count). The number of carbonyl (C=O) groups excluding carboxylic acids is 1. The van der Waals surface area contributed by atoms with Crippen molar-refractivity contribution in [3.8, 4) is 0 Å². The van der Waals surface area contributed by atoms with Gasteiger partial charge >= 0.3 is 0 Å². The van der Waals surface area contributed by atoms with Crippen LogP contribution in [0.1, 0.15) is 49.6 Å². The van der Waals surface area contributed by atoms with Crippen LogP contribution < -0.4 is 11.1 Å². The minimum atomic E-state index is -0.121. The van der Waals surface area contributed by atoms with Gasteiger partial charge in [-0.25, -0.2) is 0 Å². The number of benzene rings is 1. The van der Waals surface area contributed by atoms with E-state index in [1.807, 2.05) is 6.07 Å². The molecule has 1 heterocycles. The van der Waals surface area contributed by atoms with E-state index < -0.39 is 0 Å². The van der Waals surface area contributed by atoms with E-state index in [1.54, 1.807) is 18.2 Å². The van der Waals surface area contributed by atoms with Crippen molar-refractivity contribution < 1.29 is 9.21 Å². The lowest BCUT2D eigenvalue weighted by Crippen LogP contribution is -2.37. The van der Waals surface area contributed by atoms with Gasteiger partial charge < -0.3 is 15.5 Å². The molecular formula is C17H22N2O2. The van der Waals surface area contributed by atoms with Crippen LogP contribution in [0.15, 0.2) is 28.7 Å². The number of fused-ring (bicyclic) bond motifs is 1. The molecule has 1 aliphatic carbocycles. The van der Waals surface area contributed by atoms with Crippen molar-refractivity contribution in [1.29, 1.82) is 0 Å². The highest BCUT2D eigenvalue weighted by molar-refractivity contribution is 5.96. The number of anilines is 1. The summed E-state index contributed by atoms with van der Waals surface area (Å²) in [5.41, 5.74) is 7.11. The molecule has 21 heavy (non-hydrogen) atoms. The molecule has 4 heteroatoms. The van der Waals surface area contributed by atoms with Crippen molar-refractivity contribution in [2.45, 2.75) is 45.1 Å². The second kappa shape index (κ2) is 5.80. The van der Waals surface area contributed by atoms with Gasteiger partial charge in [-0.05, 0) is 55.9 Å². The molecule has 112 valence electrons. The van der Waals surface area contributed by atoms with Gasteiger partial charge in [-0.2, -0.15) is 0 Å². The Kier molecular flexibility index (Phi) is 3.86. The van der Waals surface area contributed by atoms with E-state index in [1.165, 1.54) is 19.3 Å². The van der Waals surface area contributed by atoms with Gasteiger partial charge in [-0.3, -0.25) is 4.79 Å². The second-order valence-corrected chi connectivity index (χ2v) is 6.01. The molecule has 0 spiro atoms. The van der Waals surface area contributed by atoms with Gasteiger partial charge in [0.05, 0.1) is 0 Å². The SMILES string of the molecule is CCC1CCC(NC(=O)c2cc3cc(N)ccc3o2)CC1. The van der Waals surface area contributed by atoms with Gasteiger partial charge in [0, 0.05) is 17.1 Å². The van der Waals surface area contributed by atoms with Crippen LogP contribution in [0.4, 0.5) is 5.69 Å². The Labute approximate surface area is 124 Å². The first-order chi connectivity index (χ1) is 10.2. The maximum absolute atomic E-state index is 12.3. The highest BCUT2D eigenvalue weighted by Crippen LogP contribution is 2.27. The molecule has 1 saturated carbocycles. The van der Waals surface area contributed by atoms with Crippen molar-refractivity contribution in [3.63, 3.8) is 0 Å². The maximum Gasteiger partial charge on any atom is 0.287 e. The molecular weight excluding hydrogens is 264 g/mol. The van der Waals surface area contributed by atoms with Gasteiger partial charge in [-0.1, -0.05) is 13.3 Å². The lowest BCUT2D eigenvalue weighted by atomic mass is 9.84. The first kappa shape index (κ1) is 14.0. The molecule has 1 aromatic heterocycles. The van der Waals surface area contributed by atoms with E-state index in [0.717, 1.165) is 24.1 Å². The summed E-state index contributed by atoms with van der Waals surface area (Å²) in [4.78, 5) is 12.3. The van der Waals surface area contributed by atoms with Gasteiger partial charge in [0.2, 0.25) is 0 Å². The van der Waals surface area contributed by atoms with E-state index in [4.69, 9.17) is 10.2 Å². The summed E-state index contributed by atoms with van der Waals surface area (Å²) in [5, 5.41) is 3.96. The van der Waals surface area contributed by atoms with Crippen LogP contribution in [-0.2, 0) is 0 Å². The number of nitrogens with two attached hydrogens (primary N) is 1. The number of hydrogen-bond donors (Lipinski definition) is 2. The highest BCUT2D eigenvalue weighted by Gasteiger charge is 2.23. The minimum absolute atomic E-state index is 0.121. The highest BCUT2D eigenvalue weighted by atomic mass is 16.3. The molecule has 0 aliphatic heterocycles. The molecule has 0 saturated heterocycles. The van der Waals surface area contributed by atoms with Gasteiger partial charge in [0.25, 0.3) is 5.91 Å². The van der Waals surface area contributed by atoms with Crippen molar-refractivity contribution >= 4 is 22.6 Å². The molecule has 1 aliphatic rings. The van der Waals surface area contributed by atoms with Crippen molar-refractivity contribution in [3.05, 3.63) is 30.0 Å². The molecule has 0 bridgehead atoms. The Morgan fingerprint density at radius 2 is 2.05 bits per heavy atom. The zero-order valence-corrected chi connectivity index (χ0v) is 12.4. The second-order valence-electron chi connectivity index (χ2n) is 6.01. The van der Waals surface area contributed by atoms with Crippen molar-refractivity contribution in [2.75, 3.05) is 5.73 Å². The Morgan fingerprint density at radius 3 is 2.76 bits per heavy atom. The quantitative estimate of drug-likeness (QED) is 0.845. The van der Waals surface area contributed by atoms with E-state index >= 15 is 0 Å². The average Bonchev–Trinajstić information content (AvgIpc) is 2.91. The topological polar surface area (TPSA) is 68.3 Å². The molecule has 0 radical (unpaired) electrons. The summed E-state index contributed by atoms with van der Waals surface area (Å²) >= 11 is 0. The molecule has 0 unspecified atom stereocenters. The lowest BCUT2D eigenvalue weighted by molar-refractivity contribution is 0.0895. The van der Waals surface area contributed by atoms with Crippen LogP contribution in [0.2, 0.25) is 0 Å². The average molecular weight is 286 g/mol. The fourth-order valence-electron chi connectivity index (χ4n) is 3.15. The fraction of sp³-hybridized carbons (Fsp3) is 0.471. The van der Waals surface area contributed by atoms with E-state index in [9.17, 15) is 4.79 Å². The third kappa shape index (κ3) is 3.04. The van der Waals surface area contributed by atoms with Crippen LogP contribution in [0.25, 0.3) is 11.0 Å². The molecule has 1 aromatic carbocycles. The van der Waals surface area contributed by atoms with Crippen molar-refractivity contribution in [2.24, 2.45) is 5.92 Å². The lowest BCUT2D eigenvalue weighted by Gasteiger charge is -2.28. The third-order valence-corrected chi connectivity index (χ3v) is 4.52. The molecule has 0 atom stereocenters. The number of carbonyl (C=O) groups is 1. The molecule has 1 amide bonds. The van der Waals surface area contributed by atoms with Gasteiger partial charge in [0.1, 0.15) is 5.58 Å². The first-order valence-electron chi connectivity index (χ1n) is 7.75.